The van der Waals surface area contributed by atoms with Gasteiger partial charge in [-0.05, 0) is 37.1 Å². The van der Waals surface area contributed by atoms with E-state index in [1.165, 1.54) is 18.2 Å². The molecule has 0 amide bonds. The van der Waals surface area contributed by atoms with Crippen molar-refractivity contribution >= 4 is 35.9 Å². The first kappa shape index (κ1) is 29.5. The fourth-order valence-electron chi connectivity index (χ4n) is 2.90. The molecule has 1 N–H and O–H groups in total. The Hall–Kier alpha value is -3.57. The number of hydrogen-bond acceptors (Lipinski definition) is 9. The van der Waals surface area contributed by atoms with Crippen LogP contribution in [0, 0.1) is 11.6 Å². The van der Waals surface area contributed by atoms with E-state index < -0.39 is 58.3 Å². The molecule has 190 valence electrons. The van der Waals surface area contributed by atoms with Crippen molar-refractivity contribution in [2.75, 3.05) is 20.8 Å². The molecule has 2 aromatic carbocycles. The second kappa shape index (κ2) is 14.0. The van der Waals surface area contributed by atoms with Crippen LogP contribution in [0.5, 0.6) is 11.5 Å². The van der Waals surface area contributed by atoms with E-state index in [0.717, 1.165) is 45.3 Å². The van der Waals surface area contributed by atoms with Crippen LogP contribution in [0.25, 0.3) is 0 Å². The van der Waals surface area contributed by atoms with E-state index in [1.807, 2.05) is 0 Å². The van der Waals surface area contributed by atoms with Crippen LogP contribution in [-0.4, -0.2) is 55.7 Å². The highest BCUT2D eigenvalue weighted by atomic mass is 35.5. The summed E-state index contributed by atoms with van der Waals surface area (Å²) in [5, 5.41) is 9.14. The van der Waals surface area contributed by atoms with Gasteiger partial charge in [0, 0.05) is 6.42 Å². The number of methoxy groups -OCH3 is 2. The van der Waals surface area contributed by atoms with Crippen molar-refractivity contribution in [1.29, 1.82) is 0 Å². The number of Topliss-reactive ketones (excluding diaryl/α,β-unsaturated/α-hetero) is 2. The molecule has 3 rings (SSSR count). The summed E-state index contributed by atoms with van der Waals surface area (Å²) in [4.78, 5) is 45.0. The van der Waals surface area contributed by atoms with E-state index in [-0.39, 0.29) is 18.2 Å². The van der Waals surface area contributed by atoms with Gasteiger partial charge in [0.2, 0.25) is 0 Å². The number of rotatable bonds is 6. The van der Waals surface area contributed by atoms with E-state index in [1.54, 1.807) is 0 Å². The Morgan fingerprint density at radius 1 is 0.886 bits per heavy atom. The minimum atomic E-state index is -1.22. The number of ether oxygens (including phenoxy) is 4. The van der Waals surface area contributed by atoms with Crippen molar-refractivity contribution in [1.82, 2.24) is 0 Å². The molecule has 0 radical (unpaired) electrons. The number of halogens is 3. The highest BCUT2D eigenvalue weighted by Crippen LogP contribution is 2.26. The monoisotopic (exact) mass is 516 g/mol. The summed E-state index contributed by atoms with van der Waals surface area (Å²) in [5.74, 6) is -7.00. The number of phenolic OH excluding ortho intramolecular Hbond substituents is 1. The molecule has 2 aromatic rings. The Labute approximate surface area is 205 Å². The van der Waals surface area contributed by atoms with E-state index in [0.29, 0.717) is 13.0 Å². The molecule has 1 heterocycles. The molecule has 1 fully saturated rings. The number of phenols is 1. The van der Waals surface area contributed by atoms with E-state index in [4.69, 9.17) is 14.6 Å². The van der Waals surface area contributed by atoms with Gasteiger partial charge in [-0.15, -0.1) is 12.4 Å². The summed E-state index contributed by atoms with van der Waals surface area (Å²) in [5.41, 5.74) is -1.09. The van der Waals surface area contributed by atoms with Gasteiger partial charge in [-0.1, -0.05) is 12.1 Å². The van der Waals surface area contributed by atoms with Gasteiger partial charge in [-0.25, -0.2) is 18.4 Å². The summed E-state index contributed by atoms with van der Waals surface area (Å²) >= 11 is 0. The molecular weight excluding hydrogens is 494 g/mol. The van der Waals surface area contributed by atoms with Gasteiger partial charge in [0.25, 0.3) is 11.6 Å². The summed E-state index contributed by atoms with van der Waals surface area (Å²) in [6, 6.07) is 7.22. The first-order valence-electron chi connectivity index (χ1n) is 10.0. The van der Waals surface area contributed by atoms with Gasteiger partial charge in [0.1, 0.15) is 34.3 Å². The van der Waals surface area contributed by atoms with E-state index >= 15 is 0 Å². The van der Waals surface area contributed by atoms with Crippen LogP contribution in [0.3, 0.4) is 0 Å². The van der Waals surface area contributed by atoms with Crippen LogP contribution in [0.15, 0.2) is 36.4 Å². The molecule has 1 saturated heterocycles. The summed E-state index contributed by atoms with van der Waals surface area (Å²) in [6.07, 6.45) is 1.99. The molecule has 0 spiro atoms. The lowest BCUT2D eigenvalue weighted by Gasteiger charge is -2.24. The molecular formula is C23H23ClF2O9. The van der Waals surface area contributed by atoms with Crippen LogP contribution in [0.4, 0.5) is 8.78 Å². The summed E-state index contributed by atoms with van der Waals surface area (Å²) < 4.78 is 46.1. The van der Waals surface area contributed by atoms with Crippen molar-refractivity contribution < 1.29 is 52.0 Å². The second-order valence-electron chi connectivity index (χ2n) is 6.80. The van der Waals surface area contributed by atoms with Crippen molar-refractivity contribution in [3.05, 3.63) is 59.2 Å². The lowest BCUT2D eigenvalue weighted by Crippen LogP contribution is -2.27. The zero-order valence-corrected chi connectivity index (χ0v) is 19.6. The highest BCUT2D eigenvalue weighted by molar-refractivity contribution is 6.41. The number of benzene rings is 2. The molecule has 1 aliphatic heterocycles. The second-order valence-corrected chi connectivity index (χ2v) is 6.80. The van der Waals surface area contributed by atoms with Crippen LogP contribution < -0.4 is 4.74 Å². The average molecular weight is 517 g/mol. The fourth-order valence-corrected chi connectivity index (χ4v) is 2.90. The average Bonchev–Trinajstić information content (AvgIpc) is 2.83. The topological polar surface area (TPSA) is 125 Å². The lowest BCUT2D eigenvalue weighted by molar-refractivity contribution is -0.136. The van der Waals surface area contributed by atoms with Crippen LogP contribution in [-0.2, 0) is 23.8 Å². The third-order valence-electron chi connectivity index (χ3n) is 4.56. The molecule has 0 saturated carbocycles. The molecule has 1 aliphatic rings. The van der Waals surface area contributed by atoms with Gasteiger partial charge >= 0.3 is 11.9 Å². The molecule has 35 heavy (non-hydrogen) atoms. The first-order valence-corrected chi connectivity index (χ1v) is 10.0. The Kier molecular flexibility index (Phi) is 11.8. The fraction of sp³-hybridized carbons (Fsp3) is 0.304. The Balaban J connectivity index is 0.000000362. The first-order chi connectivity index (χ1) is 16.2. The standard InChI is InChI=1S/C14H15FO5.C9H7FO4.ClH/c1-18-14(17)13(16)12-9(15)5-4-6-10(12)20-11-7-2-3-8-19-11;1-14-9(13)8(12)7-5(10)3-2-4-6(7)11;/h4-6,11H,2-3,7-8H2,1H3;2-4,11H,1H3;1H. The molecule has 0 aromatic heterocycles. The van der Waals surface area contributed by atoms with Gasteiger partial charge in [-0.2, -0.15) is 0 Å². The van der Waals surface area contributed by atoms with E-state index in [9.17, 15) is 28.0 Å². The van der Waals surface area contributed by atoms with Crippen LogP contribution in [0.1, 0.15) is 40.0 Å². The summed E-state index contributed by atoms with van der Waals surface area (Å²) in [6.45, 7) is 0.556. The number of carbonyl (C=O) groups is 4. The highest BCUT2D eigenvalue weighted by Gasteiger charge is 2.27. The predicted octanol–water partition coefficient (Wildman–Crippen LogP) is 3.40. The minimum absolute atomic E-state index is 0. The minimum Gasteiger partial charge on any atom is -0.507 e. The maximum atomic E-state index is 13.8. The summed E-state index contributed by atoms with van der Waals surface area (Å²) in [7, 11) is 2.06. The molecule has 0 bridgehead atoms. The van der Waals surface area contributed by atoms with Gasteiger partial charge in [0.05, 0.1) is 20.8 Å². The quantitative estimate of drug-likeness (QED) is 0.349. The SMILES string of the molecule is COC(=O)C(=O)c1c(F)cccc1OC1CCCCO1.COC(=O)C(=O)c1c(O)cccc1F.Cl. The molecule has 9 nitrogen and oxygen atoms in total. The largest absolute Gasteiger partial charge is 0.507 e. The third-order valence-corrected chi connectivity index (χ3v) is 4.56. The van der Waals surface area contributed by atoms with Gasteiger partial charge < -0.3 is 24.1 Å². The normalized spacial score (nSPS) is 14.3. The van der Waals surface area contributed by atoms with Crippen molar-refractivity contribution in [2.45, 2.75) is 25.6 Å². The number of aromatic hydroxyl groups is 1. The number of esters is 2. The zero-order valence-electron chi connectivity index (χ0n) is 18.7. The maximum absolute atomic E-state index is 13.8. The van der Waals surface area contributed by atoms with Crippen molar-refractivity contribution in [3.63, 3.8) is 0 Å². The van der Waals surface area contributed by atoms with Gasteiger partial charge in [0.15, 0.2) is 6.29 Å². The Morgan fingerprint density at radius 3 is 1.94 bits per heavy atom. The smallest absolute Gasteiger partial charge is 0.379 e. The lowest BCUT2D eigenvalue weighted by atomic mass is 10.1. The molecule has 1 atom stereocenters. The van der Waals surface area contributed by atoms with Crippen LogP contribution in [0.2, 0.25) is 0 Å². The van der Waals surface area contributed by atoms with Crippen molar-refractivity contribution in [2.24, 2.45) is 0 Å². The third kappa shape index (κ3) is 7.72. The molecule has 0 aliphatic carbocycles. The Morgan fingerprint density at radius 2 is 1.43 bits per heavy atom. The number of ketones is 2. The zero-order chi connectivity index (χ0) is 25.3. The van der Waals surface area contributed by atoms with Crippen LogP contribution >= 0.6 is 12.4 Å². The molecule has 12 heteroatoms. The van der Waals surface area contributed by atoms with Crippen molar-refractivity contribution in [3.8, 4) is 11.5 Å². The number of carbonyl (C=O) groups excluding carboxylic acids is 4. The maximum Gasteiger partial charge on any atom is 0.379 e. The molecule has 1 unspecified atom stereocenters. The Bertz CT molecular complexity index is 1050. The van der Waals surface area contributed by atoms with E-state index in [2.05, 4.69) is 9.47 Å². The predicted molar refractivity (Wildman–Crippen MR) is 119 cm³/mol. The number of hydrogen-bond donors (Lipinski definition) is 1. The van der Waals surface area contributed by atoms with Gasteiger partial charge in [-0.3, -0.25) is 9.59 Å².